The van der Waals surface area contributed by atoms with E-state index in [9.17, 15) is 0 Å². The zero-order valence-corrected chi connectivity index (χ0v) is 14.5. The van der Waals surface area contributed by atoms with Crippen molar-refractivity contribution in [3.8, 4) is 0 Å². The van der Waals surface area contributed by atoms with Crippen molar-refractivity contribution in [2.45, 2.75) is 5.33 Å². The summed E-state index contributed by atoms with van der Waals surface area (Å²) in [6, 6.07) is 15.2. The van der Waals surface area contributed by atoms with E-state index in [4.69, 9.17) is 0 Å². The second-order valence-corrected chi connectivity index (χ2v) is 6.39. The van der Waals surface area contributed by atoms with Crippen molar-refractivity contribution in [1.29, 1.82) is 0 Å². The lowest BCUT2D eigenvalue weighted by Gasteiger charge is -2.37. The zero-order valence-electron chi connectivity index (χ0n) is 11.3. The first-order valence-corrected chi connectivity index (χ1v) is 8.54. The summed E-state index contributed by atoms with van der Waals surface area (Å²) in [5, 5.41) is 0.868. The summed E-state index contributed by atoms with van der Waals surface area (Å²) in [7, 11) is 2.15. The van der Waals surface area contributed by atoms with Gasteiger partial charge in [-0.15, -0.1) is 0 Å². The number of hydrogen-bond donors (Lipinski definition) is 0. The van der Waals surface area contributed by atoms with Gasteiger partial charge in [0.2, 0.25) is 0 Å². The van der Waals surface area contributed by atoms with E-state index >= 15 is 0 Å². The highest BCUT2D eigenvalue weighted by molar-refractivity contribution is 9.10. The minimum absolute atomic E-state index is 0.868. The number of anilines is 3. The molecule has 0 aromatic heterocycles. The largest absolute Gasteiger partial charge is 0.371 e. The van der Waals surface area contributed by atoms with Gasteiger partial charge in [0, 0.05) is 35.6 Å². The van der Waals surface area contributed by atoms with Crippen LogP contribution in [-0.4, -0.2) is 20.1 Å². The van der Waals surface area contributed by atoms with Gasteiger partial charge in [0.15, 0.2) is 0 Å². The summed E-state index contributed by atoms with van der Waals surface area (Å²) < 4.78 is 1.16. The van der Waals surface area contributed by atoms with Crippen molar-refractivity contribution in [3.63, 3.8) is 0 Å². The van der Waals surface area contributed by atoms with Crippen molar-refractivity contribution in [3.05, 3.63) is 52.5 Å². The number of benzene rings is 2. The number of alkyl halides is 1. The first kappa shape index (κ1) is 14.0. The summed E-state index contributed by atoms with van der Waals surface area (Å²) in [5.74, 6) is 0. The Balaban J connectivity index is 2.03. The van der Waals surface area contributed by atoms with Gasteiger partial charge < -0.3 is 9.80 Å². The molecular formula is C16H16Br2N2. The third-order valence-electron chi connectivity index (χ3n) is 3.74. The minimum Gasteiger partial charge on any atom is -0.371 e. The average molecular weight is 396 g/mol. The number of para-hydroxylation sites is 2. The van der Waals surface area contributed by atoms with Gasteiger partial charge in [0.1, 0.15) is 0 Å². The van der Waals surface area contributed by atoms with Gasteiger partial charge in [-0.3, -0.25) is 0 Å². The van der Waals surface area contributed by atoms with E-state index in [0.29, 0.717) is 0 Å². The van der Waals surface area contributed by atoms with Gasteiger partial charge in [-0.1, -0.05) is 50.1 Å². The SMILES string of the molecule is CN1CCN(c2ccc(CBr)c(Br)c2)c2ccccc21. The molecular weight excluding hydrogens is 380 g/mol. The molecule has 3 rings (SSSR count). The monoisotopic (exact) mass is 394 g/mol. The van der Waals surface area contributed by atoms with E-state index in [2.05, 4.69) is 91.2 Å². The molecule has 2 aromatic carbocycles. The maximum absolute atomic E-state index is 3.66. The lowest BCUT2D eigenvalue weighted by Crippen LogP contribution is -2.36. The van der Waals surface area contributed by atoms with Gasteiger partial charge in [0.25, 0.3) is 0 Å². The Morgan fingerprint density at radius 1 is 1.05 bits per heavy atom. The third kappa shape index (κ3) is 2.47. The van der Waals surface area contributed by atoms with E-state index in [0.717, 1.165) is 22.9 Å². The van der Waals surface area contributed by atoms with Crippen LogP contribution in [0.2, 0.25) is 0 Å². The molecule has 1 aliphatic heterocycles. The lowest BCUT2D eigenvalue weighted by atomic mass is 10.1. The Morgan fingerprint density at radius 3 is 2.50 bits per heavy atom. The molecule has 0 fully saturated rings. The standard InChI is InChI=1S/C16H16Br2N2/c1-19-8-9-20(16-5-3-2-4-15(16)19)13-7-6-12(11-17)14(18)10-13/h2-7,10H,8-9,11H2,1H3. The van der Waals surface area contributed by atoms with Crippen LogP contribution in [-0.2, 0) is 5.33 Å². The molecule has 0 saturated carbocycles. The molecule has 0 N–H and O–H groups in total. The summed E-state index contributed by atoms with van der Waals surface area (Å²) >= 11 is 7.17. The van der Waals surface area contributed by atoms with Gasteiger partial charge >= 0.3 is 0 Å². The van der Waals surface area contributed by atoms with Crippen LogP contribution in [0, 0.1) is 0 Å². The van der Waals surface area contributed by atoms with E-state index < -0.39 is 0 Å². The number of fused-ring (bicyclic) bond motifs is 1. The number of hydrogen-bond acceptors (Lipinski definition) is 2. The Kier molecular flexibility index (Phi) is 4.03. The molecule has 20 heavy (non-hydrogen) atoms. The predicted molar refractivity (Wildman–Crippen MR) is 93.5 cm³/mol. The average Bonchev–Trinajstić information content (AvgIpc) is 2.48. The van der Waals surface area contributed by atoms with Crippen LogP contribution in [0.3, 0.4) is 0 Å². The molecule has 0 amide bonds. The second-order valence-electron chi connectivity index (χ2n) is 4.97. The Labute approximate surface area is 136 Å². The molecule has 0 saturated heterocycles. The molecule has 104 valence electrons. The van der Waals surface area contributed by atoms with Crippen molar-refractivity contribution in [1.82, 2.24) is 0 Å². The normalized spacial score (nSPS) is 14.3. The maximum atomic E-state index is 3.66. The third-order valence-corrected chi connectivity index (χ3v) is 5.08. The Hall–Kier alpha value is -1.00. The van der Waals surface area contributed by atoms with E-state index in [1.165, 1.54) is 22.6 Å². The van der Waals surface area contributed by atoms with E-state index in [1.807, 2.05) is 0 Å². The van der Waals surface area contributed by atoms with Crippen molar-refractivity contribution in [2.75, 3.05) is 29.9 Å². The number of nitrogens with zero attached hydrogens (tertiary/aromatic N) is 2. The molecule has 0 spiro atoms. The highest BCUT2D eigenvalue weighted by Crippen LogP contribution is 2.38. The van der Waals surface area contributed by atoms with Gasteiger partial charge in [-0.2, -0.15) is 0 Å². The van der Waals surface area contributed by atoms with Crippen LogP contribution in [0.5, 0.6) is 0 Å². The smallest absolute Gasteiger partial charge is 0.0649 e. The quantitative estimate of drug-likeness (QED) is 0.665. The molecule has 2 aromatic rings. The first-order chi connectivity index (χ1) is 9.70. The first-order valence-electron chi connectivity index (χ1n) is 6.63. The highest BCUT2D eigenvalue weighted by Gasteiger charge is 2.21. The number of likely N-dealkylation sites (N-methyl/N-ethyl adjacent to an activating group) is 1. The molecule has 0 radical (unpaired) electrons. The Morgan fingerprint density at radius 2 is 1.80 bits per heavy atom. The fourth-order valence-electron chi connectivity index (χ4n) is 2.59. The maximum Gasteiger partial charge on any atom is 0.0649 e. The molecule has 0 unspecified atom stereocenters. The Bertz CT molecular complexity index is 628. The molecule has 1 heterocycles. The van der Waals surface area contributed by atoms with Crippen molar-refractivity contribution >= 4 is 48.9 Å². The zero-order chi connectivity index (χ0) is 14.1. The van der Waals surface area contributed by atoms with Crippen molar-refractivity contribution in [2.24, 2.45) is 0 Å². The highest BCUT2D eigenvalue weighted by atomic mass is 79.9. The van der Waals surface area contributed by atoms with Crippen LogP contribution in [0.25, 0.3) is 0 Å². The van der Waals surface area contributed by atoms with Crippen LogP contribution >= 0.6 is 31.9 Å². The fraction of sp³-hybridized carbons (Fsp3) is 0.250. The van der Waals surface area contributed by atoms with Crippen LogP contribution < -0.4 is 9.80 Å². The topological polar surface area (TPSA) is 6.48 Å². The number of rotatable bonds is 2. The van der Waals surface area contributed by atoms with Gasteiger partial charge in [-0.25, -0.2) is 0 Å². The van der Waals surface area contributed by atoms with Crippen LogP contribution in [0.4, 0.5) is 17.1 Å². The summed E-state index contributed by atoms with van der Waals surface area (Å²) in [6.45, 7) is 2.04. The number of halogens is 2. The molecule has 0 aliphatic carbocycles. The molecule has 0 atom stereocenters. The lowest BCUT2D eigenvalue weighted by molar-refractivity contribution is 0.822. The van der Waals surface area contributed by atoms with Crippen LogP contribution in [0.15, 0.2) is 46.9 Å². The molecule has 4 heteroatoms. The minimum atomic E-state index is 0.868. The summed E-state index contributed by atoms with van der Waals surface area (Å²) in [4.78, 5) is 4.70. The second kappa shape index (κ2) is 5.78. The van der Waals surface area contributed by atoms with E-state index in [1.54, 1.807) is 0 Å². The molecule has 2 nitrogen and oxygen atoms in total. The summed E-state index contributed by atoms with van der Waals surface area (Å²) in [6.07, 6.45) is 0. The van der Waals surface area contributed by atoms with E-state index in [-0.39, 0.29) is 0 Å². The van der Waals surface area contributed by atoms with Crippen molar-refractivity contribution < 1.29 is 0 Å². The fourth-order valence-corrected chi connectivity index (χ4v) is 3.96. The molecule has 0 bridgehead atoms. The predicted octanol–water partition coefficient (Wildman–Crippen LogP) is 4.93. The van der Waals surface area contributed by atoms with Gasteiger partial charge in [0.05, 0.1) is 11.4 Å². The molecule has 1 aliphatic rings. The van der Waals surface area contributed by atoms with Gasteiger partial charge in [-0.05, 0) is 29.8 Å². The van der Waals surface area contributed by atoms with Crippen LogP contribution in [0.1, 0.15) is 5.56 Å². The summed E-state index contributed by atoms with van der Waals surface area (Å²) in [5.41, 5.74) is 5.08.